The first-order chi connectivity index (χ1) is 14.4. The number of para-hydroxylation sites is 2. The van der Waals surface area contributed by atoms with Crippen LogP contribution in [0.2, 0.25) is 0 Å². The fourth-order valence-corrected chi connectivity index (χ4v) is 4.91. The maximum atomic E-state index is 12.8. The number of hydrogen-bond acceptors (Lipinski definition) is 5. The van der Waals surface area contributed by atoms with Crippen molar-refractivity contribution in [3.8, 4) is 5.75 Å². The van der Waals surface area contributed by atoms with E-state index >= 15 is 0 Å². The summed E-state index contributed by atoms with van der Waals surface area (Å²) in [7, 11) is -3.52. The van der Waals surface area contributed by atoms with Crippen LogP contribution in [-0.4, -0.2) is 51.2 Å². The van der Waals surface area contributed by atoms with E-state index in [2.05, 4.69) is 22.3 Å². The molecule has 1 fully saturated rings. The molecule has 0 spiro atoms. The van der Waals surface area contributed by atoms with Crippen LogP contribution in [0, 0.1) is 0 Å². The normalized spacial score (nSPS) is 19.2. The Morgan fingerprint density at radius 3 is 2.60 bits per heavy atom. The molecule has 0 radical (unpaired) electrons. The molecule has 1 amide bonds. The first-order valence-electron chi connectivity index (χ1n) is 10.2. The number of rotatable bonds is 6. The van der Waals surface area contributed by atoms with Crippen molar-refractivity contribution in [1.29, 1.82) is 0 Å². The zero-order valence-electron chi connectivity index (χ0n) is 17.1. The molecule has 2 aliphatic rings. The number of nitrogens with zero attached hydrogens (tertiary/aromatic N) is 2. The highest BCUT2D eigenvalue weighted by molar-refractivity contribution is 7.92. The standard InChI is InChI=1S/C22H27N3O4S/c1-30(27,28)25-16-21(29-20-10-3-2-9-19(20)25)22(26)23-14-17-7-6-8-18(13-17)15-24-11-4-5-12-24/h2-3,6-10,13,21H,4-5,11-12,14-16H2,1H3,(H,23,26)/t21-/m1/s1. The van der Waals surface area contributed by atoms with Crippen LogP contribution in [0.15, 0.2) is 48.5 Å². The number of amides is 1. The second-order valence-corrected chi connectivity index (χ2v) is 9.80. The van der Waals surface area contributed by atoms with Gasteiger partial charge in [-0.15, -0.1) is 0 Å². The third-order valence-corrected chi connectivity index (χ3v) is 6.64. The van der Waals surface area contributed by atoms with Crippen molar-refractivity contribution in [2.24, 2.45) is 0 Å². The lowest BCUT2D eigenvalue weighted by Gasteiger charge is -2.33. The van der Waals surface area contributed by atoms with E-state index in [1.54, 1.807) is 24.3 Å². The molecule has 4 rings (SSSR count). The molecule has 7 nitrogen and oxygen atoms in total. The average Bonchev–Trinajstić information content (AvgIpc) is 3.23. The Labute approximate surface area is 177 Å². The number of carbonyl (C=O) groups is 1. The summed E-state index contributed by atoms with van der Waals surface area (Å²) < 4.78 is 31.4. The largest absolute Gasteiger partial charge is 0.476 e. The fraction of sp³-hybridized carbons (Fsp3) is 0.409. The van der Waals surface area contributed by atoms with Gasteiger partial charge >= 0.3 is 0 Å². The van der Waals surface area contributed by atoms with E-state index in [1.165, 1.54) is 22.7 Å². The van der Waals surface area contributed by atoms with Gasteiger partial charge in [-0.05, 0) is 49.2 Å². The van der Waals surface area contributed by atoms with Crippen molar-refractivity contribution < 1.29 is 17.9 Å². The van der Waals surface area contributed by atoms with Crippen molar-refractivity contribution >= 4 is 21.6 Å². The van der Waals surface area contributed by atoms with Gasteiger partial charge in [0.15, 0.2) is 6.10 Å². The predicted molar refractivity (Wildman–Crippen MR) is 116 cm³/mol. The molecule has 0 aromatic heterocycles. The van der Waals surface area contributed by atoms with Crippen LogP contribution in [0.1, 0.15) is 24.0 Å². The Morgan fingerprint density at radius 1 is 1.10 bits per heavy atom. The Kier molecular flexibility index (Phi) is 5.97. The van der Waals surface area contributed by atoms with Gasteiger partial charge in [0, 0.05) is 13.1 Å². The number of ether oxygens (including phenoxy) is 1. The van der Waals surface area contributed by atoms with Crippen molar-refractivity contribution in [2.45, 2.75) is 32.0 Å². The van der Waals surface area contributed by atoms with E-state index in [0.717, 1.165) is 31.5 Å². The van der Waals surface area contributed by atoms with E-state index in [0.29, 0.717) is 18.0 Å². The quantitative estimate of drug-likeness (QED) is 0.761. The van der Waals surface area contributed by atoms with Crippen LogP contribution in [0.3, 0.4) is 0 Å². The molecule has 1 atom stereocenters. The molecule has 2 aliphatic heterocycles. The summed E-state index contributed by atoms with van der Waals surface area (Å²) in [6.07, 6.45) is 2.74. The van der Waals surface area contributed by atoms with Crippen molar-refractivity contribution in [2.75, 3.05) is 30.2 Å². The monoisotopic (exact) mass is 429 g/mol. The second-order valence-electron chi connectivity index (χ2n) is 7.89. The van der Waals surface area contributed by atoms with Gasteiger partial charge in [-0.25, -0.2) is 8.42 Å². The Hall–Kier alpha value is -2.58. The van der Waals surface area contributed by atoms with Gasteiger partial charge in [-0.3, -0.25) is 14.0 Å². The van der Waals surface area contributed by atoms with Crippen LogP contribution < -0.4 is 14.4 Å². The van der Waals surface area contributed by atoms with E-state index in [4.69, 9.17) is 4.74 Å². The molecular formula is C22H27N3O4S. The maximum Gasteiger partial charge on any atom is 0.263 e. The summed E-state index contributed by atoms with van der Waals surface area (Å²) in [6.45, 7) is 3.52. The van der Waals surface area contributed by atoms with Crippen LogP contribution in [-0.2, 0) is 27.9 Å². The minimum atomic E-state index is -3.52. The lowest BCUT2D eigenvalue weighted by Crippen LogP contribution is -2.50. The van der Waals surface area contributed by atoms with Gasteiger partial charge in [0.2, 0.25) is 10.0 Å². The Balaban J connectivity index is 1.41. The van der Waals surface area contributed by atoms with Gasteiger partial charge in [0.25, 0.3) is 5.91 Å². The van der Waals surface area contributed by atoms with Crippen LogP contribution in [0.5, 0.6) is 5.75 Å². The smallest absolute Gasteiger partial charge is 0.263 e. The molecule has 0 unspecified atom stereocenters. The first-order valence-corrected chi connectivity index (χ1v) is 12.1. The molecule has 0 aliphatic carbocycles. The van der Waals surface area contributed by atoms with Crippen molar-refractivity contribution in [3.63, 3.8) is 0 Å². The molecule has 2 aromatic rings. The highest BCUT2D eigenvalue weighted by atomic mass is 32.2. The average molecular weight is 430 g/mol. The molecule has 30 heavy (non-hydrogen) atoms. The van der Waals surface area contributed by atoms with Gasteiger partial charge in [-0.1, -0.05) is 36.4 Å². The summed E-state index contributed by atoms with van der Waals surface area (Å²) in [5.41, 5.74) is 2.70. The molecule has 0 bridgehead atoms. The first kappa shape index (κ1) is 20.7. The summed E-state index contributed by atoms with van der Waals surface area (Å²) in [4.78, 5) is 15.2. The minimum absolute atomic E-state index is 0.0450. The molecule has 1 N–H and O–H groups in total. The number of benzene rings is 2. The van der Waals surface area contributed by atoms with Gasteiger partial charge < -0.3 is 10.1 Å². The van der Waals surface area contributed by atoms with E-state index in [9.17, 15) is 13.2 Å². The zero-order chi connectivity index (χ0) is 21.1. The molecule has 0 saturated carbocycles. The predicted octanol–water partition coefficient (Wildman–Crippen LogP) is 2.13. The minimum Gasteiger partial charge on any atom is -0.476 e. The molecule has 2 aromatic carbocycles. The lowest BCUT2D eigenvalue weighted by molar-refractivity contribution is -0.127. The second kappa shape index (κ2) is 8.65. The Morgan fingerprint density at radius 2 is 1.83 bits per heavy atom. The number of anilines is 1. The highest BCUT2D eigenvalue weighted by Crippen LogP contribution is 2.34. The van der Waals surface area contributed by atoms with Crippen molar-refractivity contribution in [3.05, 3.63) is 59.7 Å². The third kappa shape index (κ3) is 4.76. The van der Waals surface area contributed by atoms with E-state index in [-0.39, 0.29) is 12.5 Å². The van der Waals surface area contributed by atoms with Crippen LogP contribution in [0.4, 0.5) is 5.69 Å². The van der Waals surface area contributed by atoms with Gasteiger partial charge in [0.05, 0.1) is 18.5 Å². The summed E-state index contributed by atoms with van der Waals surface area (Å²) in [5.74, 6) is 0.0602. The number of nitrogens with one attached hydrogen (secondary N) is 1. The van der Waals surface area contributed by atoms with Crippen LogP contribution in [0.25, 0.3) is 0 Å². The molecule has 2 heterocycles. The molecule has 160 valence electrons. The number of hydrogen-bond donors (Lipinski definition) is 1. The van der Waals surface area contributed by atoms with Crippen molar-refractivity contribution in [1.82, 2.24) is 10.2 Å². The fourth-order valence-electron chi connectivity index (χ4n) is 3.99. The summed E-state index contributed by atoms with van der Waals surface area (Å²) in [6, 6.07) is 15.1. The Bertz CT molecular complexity index is 1020. The topological polar surface area (TPSA) is 79.0 Å². The third-order valence-electron chi connectivity index (χ3n) is 5.49. The SMILES string of the molecule is CS(=O)(=O)N1C[C@H](C(=O)NCc2cccc(CN3CCCC3)c2)Oc2ccccc21. The van der Waals surface area contributed by atoms with Crippen LogP contribution >= 0.6 is 0 Å². The molecule has 8 heteroatoms. The molecule has 1 saturated heterocycles. The van der Waals surface area contributed by atoms with E-state index in [1.807, 2.05) is 12.1 Å². The number of sulfonamides is 1. The molecular weight excluding hydrogens is 402 g/mol. The number of fused-ring (bicyclic) bond motifs is 1. The summed E-state index contributed by atoms with van der Waals surface area (Å²) in [5, 5.41) is 2.89. The van der Waals surface area contributed by atoms with E-state index < -0.39 is 16.1 Å². The highest BCUT2D eigenvalue weighted by Gasteiger charge is 2.34. The zero-order valence-corrected chi connectivity index (χ0v) is 17.9. The van der Waals surface area contributed by atoms with Gasteiger partial charge in [0.1, 0.15) is 5.75 Å². The number of carbonyl (C=O) groups excluding carboxylic acids is 1. The lowest BCUT2D eigenvalue weighted by atomic mass is 10.1. The summed E-state index contributed by atoms with van der Waals surface area (Å²) >= 11 is 0. The number of likely N-dealkylation sites (tertiary alicyclic amines) is 1. The maximum absolute atomic E-state index is 12.8. The van der Waals surface area contributed by atoms with Gasteiger partial charge in [-0.2, -0.15) is 0 Å².